The van der Waals surface area contributed by atoms with E-state index >= 15 is 0 Å². The van der Waals surface area contributed by atoms with Crippen LogP contribution in [0.1, 0.15) is 44.6 Å². The highest BCUT2D eigenvalue weighted by Gasteiger charge is 2.27. The molecule has 0 aromatic heterocycles. The molecule has 1 unspecified atom stereocenters. The van der Waals surface area contributed by atoms with Crippen molar-refractivity contribution in [1.82, 2.24) is 0 Å². The third kappa shape index (κ3) is 5.83. The second kappa shape index (κ2) is 9.49. The molecule has 0 bridgehead atoms. The van der Waals surface area contributed by atoms with Gasteiger partial charge in [-0.15, -0.1) is 0 Å². The maximum Gasteiger partial charge on any atom is 0.327 e. The SMILES string of the molecule is CCCCCCCOP(C)(=O)OCc1c(F)c(F)c(F)c(F)c1F. The summed E-state index contributed by atoms with van der Waals surface area (Å²) in [5.74, 6) is -10.4. The van der Waals surface area contributed by atoms with Crippen molar-refractivity contribution < 1.29 is 35.6 Å². The van der Waals surface area contributed by atoms with Crippen LogP contribution in [0.5, 0.6) is 0 Å². The van der Waals surface area contributed by atoms with Crippen LogP contribution < -0.4 is 0 Å². The summed E-state index contributed by atoms with van der Waals surface area (Å²) in [4.78, 5) is 0. The summed E-state index contributed by atoms with van der Waals surface area (Å²) in [5.41, 5.74) is -1.18. The fourth-order valence-corrected chi connectivity index (χ4v) is 2.83. The molecule has 138 valence electrons. The number of rotatable bonds is 10. The van der Waals surface area contributed by atoms with Gasteiger partial charge in [-0.1, -0.05) is 32.6 Å². The Kier molecular flexibility index (Phi) is 8.33. The predicted molar refractivity (Wildman–Crippen MR) is 79.3 cm³/mol. The van der Waals surface area contributed by atoms with Crippen LogP contribution in [-0.4, -0.2) is 13.3 Å². The van der Waals surface area contributed by atoms with Crippen LogP contribution in [-0.2, 0) is 20.2 Å². The predicted octanol–water partition coefficient (Wildman–Crippen LogP) is 5.71. The molecule has 0 fully saturated rings. The smallest absolute Gasteiger partial charge is 0.309 e. The lowest BCUT2D eigenvalue weighted by molar-refractivity contribution is 0.193. The number of hydrogen-bond acceptors (Lipinski definition) is 3. The normalized spacial score (nSPS) is 14.0. The maximum atomic E-state index is 13.5. The van der Waals surface area contributed by atoms with Crippen LogP contribution in [0.25, 0.3) is 0 Å². The Balaban J connectivity index is 2.60. The maximum absolute atomic E-state index is 13.5. The Bertz CT molecular complexity index is 580. The van der Waals surface area contributed by atoms with E-state index < -0.39 is 48.9 Å². The van der Waals surface area contributed by atoms with E-state index in [1.54, 1.807) is 0 Å². The lowest BCUT2D eigenvalue weighted by Crippen LogP contribution is -2.08. The summed E-state index contributed by atoms with van der Waals surface area (Å²) >= 11 is 0. The Hall–Kier alpha value is -0.980. The molecule has 0 saturated carbocycles. The van der Waals surface area contributed by atoms with Gasteiger partial charge in [-0.05, 0) is 6.42 Å². The van der Waals surface area contributed by atoms with Crippen LogP contribution in [0, 0.1) is 29.1 Å². The number of hydrogen-bond donors (Lipinski definition) is 0. The number of benzene rings is 1. The van der Waals surface area contributed by atoms with Crippen LogP contribution in [0.4, 0.5) is 22.0 Å². The molecule has 9 heteroatoms. The van der Waals surface area contributed by atoms with Gasteiger partial charge in [0.2, 0.25) is 5.82 Å². The first-order chi connectivity index (χ1) is 11.2. The van der Waals surface area contributed by atoms with Crippen molar-refractivity contribution in [1.29, 1.82) is 0 Å². The molecule has 1 aromatic rings. The van der Waals surface area contributed by atoms with Gasteiger partial charge < -0.3 is 9.05 Å². The Morgan fingerprint density at radius 2 is 1.29 bits per heavy atom. The zero-order valence-corrected chi connectivity index (χ0v) is 14.4. The van der Waals surface area contributed by atoms with Crippen LogP contribution in [0.3, 0.4) is 0 Å². The molecule has 0 radical (unpaired) electrons. The molecule has 1 atom stereocenters. The van der Waals surface area contributed by atoms with E-state index in [0.717, 1.165) is 32.3 Å². The molecule has 3 nitrogen and oxygen atoms in total. The van der Waals surface area contributed by atoms with Gasteiger partial charge in [-0.2, -0.15) is 0 Å². The quantitative estimate of drug-likeness (QED) is 0.173. The minimum atomic E-state index is -3.67. The molecule has 0 spiro atoms. The van der Waals surface area contributed by atoms with Gasteiger partial charge >= 0.3 is 7.60 Å². The average molecular weight is 374 g/mol. The van der Waals surface area contributed by atoms with Gasteiger partial charge in [0, 0.05) is 6.66 Å². The van der Waals surface area contributed by atoms with Gasteiger partial charge in [0.15, 0.2) is 23.3 Å². The molecule has 0 aliphatic heterocycles. The molecule has 24 heavy (non-hydrogen) atoms. The van der Waals surface area contributed by atoms with Gasteiger partial charge in [0.05, 0.1) is 18.8 Å². The van der Waals surface area contributed by atoms with Crippen molar-refractivity contribution in [2.75, 3.05) is 13.3 Å². The lowest BCUT2D eigenvalue weighted by atomic mass is 10.2. The number of halogens is 5. The van der Waals surface area contributed by atoms with Crippen LogP contribution in [0.2, 0.25) is 0 Å². The summed E-state index contributed by atoms with van der Waals surface area (Å²) in [6.07, 6.45) is 4.63. The van der Waals surface area contributed by atoms with E-state index in [1.165, 1.54) is 0 Å². The molecule has 0 saturated heterocycles. The largest absolute Gasteiger partial charge is 0.327 e. The van der Waals surface area contributed by atoms with E-state index in [1.807, 2.05) is 0 Å². The molecule has 0 aliphatic rings. The van der Waals surface area contributed by atoms with Crippen molar-refractivity contribution in [3.05, 3.63) is 34.6 Å². The van der Waals surface area contributed by atoms with E-state index in [2.05, 4.69) is 6.92 Å². The van der Waals surface area contributed by atoms with E-state index in [0.29, 0.717) is 6.42 Å². The summed E-state index contributed by atoms with van der Waals surface area (Å²) in [6.45, 7) is 2.21. The average Bonchev–Trinajstić information content (AvgIpc) is 2.54. The highest BCUT2D eigenvalue weighted by molar-refractivity contribution is 7.52. The van der Waals surface area contributed by atoms with Crippen molar-refractivity contribution in [2.24, 2.45) is 0 Å². The Labute approximate surface area is 137 Å². The lowest BCUT2D eigenvalue weighted by Gasteiger charge is -2.15. The molecule has 0 amide bonds. The molecular weight excluding hydrogens is 354 g/mol. The third-order valence-corrected chi connectivity index (χ3v) is 4.57. The van der Waals surface area contributed by atoms with Crippen molar-refractivity contribution in [3.63, 3.8) is 0 Å². The fraction of sp³-hybridized carbons (Fsp3) is 0.600. The molecule has 0 aliphatic carbocycles. The third-order valence-electron chi connectivity index (χ3n) is 3.32. The molecule has 0 heterocycles. The summed E-state index contributed by atoms with van der Waals surface area (Å²) in [6, 6.07) is 0. The Morgan fingerprint density at radius 1 is 0.792 bits per heavy atom. The monoisotopic (exact) mass is 374 g/mol. The summed E-state index contributed by atoms with van der Waals surface area (Å²) in [7, 11) is -3.67. The topological polar surface area (TPSA) is 35.5 Å². The standard InChI is InChI=1S/C15H20F5O3P/c1-3-4-5-6-7-8-22-24(2,21)23-9-10-11(16)13(18)15(20)14(19)12(10)17/h3-9H2,1-2H3. The first kappa shape index (κ1) is 21.1. The number of unbranched alkanes of at least 4 members (excludes halogenated alkanes) is 4. The molecule has 0 N–H and O–H groups in total. The second-order valence-electron chi connectivity index (χ2n) is 5.34. The fourth-order valence-electron chi connectivity index (χ4n) is 1.93. The van der Waals surface area contributed by atoms with Crippen molar-refractivity contribution >= 4 is 7.60 Å². The summed E-state index contributed by atoms with van der Waals surface area (Å²) < 4.78 is 87.7. The van der Waals surface area contributed by atoms with Crippen molar-refractivity contribution in [3.8, 4) is 0 Å². The zero-order valence-electron chi connectivity index (χ0n) is 13.5. The first-order valence-corrected chi connectivity index (χ1v) is 9.57. The van der Waals surface area contributed by atoms with Gasteiger partial charge in [-0.25, -0.2) is 22.0 Å². The van der Waals surface area contributed by atoms with E-state index in [9.17, 15) is 26.5 Å². The van der Waals surface area contributed by atoms with E-state index in [4.69, 9.17) is 9.05 Å². The zero-order chi connectivity index (χ0) is 18.3. The molecular formula is C15H20F5O3P. The van der Waals surface area contributed by atoms with Crippen LogP contribution in [0.15, 0.2) is 0 Å². The first-order valence-electron chi connectivity index (χ1n) is 7.58. The Morgan fingerprint density at radius 3 is 1.83 bits per heavy atom. The highest BCUT2D eigenvalue weighted by Crippen LogP contribution is 2.45. The minimum absolute atomic E-state index is 0.120. The molecule has 1 aromatic carbocycles. The van der Waals surface area contributed by atoms with Crippen molar-refractivity contribution in [2.45, 2.75) is 45.6 Å². The minimum Gasteiger partial charge on any atom is -0.309 e. The molecule has 1 rings (SSSR count). The van der Waals surface area contributed by atoms with E-state index in [-0.39, 0.29) is 6.61 Å². The highest BCUT2D eigenvalue weighted by atomic mass is 31.2. The van der Waals surface area contributed by atoms with Gasteiger partial charge in [0.25, 0.3) is 0 Å². The second-order valence-corrected chi connectivity index (χ2v) is 7.40. The summed E-state index contributed by atoms with van der Waals surface area (Å²) in [5, 5.41) is 0. The van der Waals surface area contributed by atoms with Crippen LogP contribution >= 0.6 is 7.60 Å². The van der Waals surface area contributed by atoms with Gasteiger partial charge in [-0.3, -0.25) is 4.57 Å². The van der Waals surface area contributed by atoms with Gasteiger partial charge in [0.1, 0.15) is 0 Å².